The number of nitrogens with one attached hydrogen (secondary N) is 1. The Morgan fingerprint density at radius 3 is 2.67 bits per heavy atom. The topological polar surface area (TPSA) is 135 Å². The number of amides is 2. The minimum absolute atomic E-state index is 0.0780. The maximum atomic E-state index is 14.0. The number of nitro groups is 1. The number of non-ortho nitro benzene ring substituents is 1. The molecule has 2 aromatic rings. The van der Waals surface area contributed by atoms with E-state index in [4.69, 9.17) is 9.84 Å². The number of hydrogen-bond acceptors (Lipinski definition) is 6. The van der Waals surface area contributed by atoms with E-state index >= 15 is 0 Å². The third-order valence-electron chi connectivity index (χ3n) is 4.71. The molecule has 10 nitrogen and oxygen atoms in total. The molecule has 2 N–H and O–H groups in total. The molecule has 0 radical (unpaired) electrons. The summed E-state index contributed by atoms with van der Waals surface area (Å²) in [6, 6.07) is 5.90. The van der Waals surface area contributed by atoms with Gasteiger partial charge in [-0.1, -0.05) is 0 Å². The van der Waals surface area contributed by atoms with Crippen LogP contribution >= 0.6 is 0 Å². The Balaban J connectivity index is 1.57. The highest BCUT2D eigenvalue weighted by Gasteiger charge is 2.24. The van der Waals surface area contributed by atoms with Gasteiger partial charge in [0.05, 0.1) is 11.0 Å². The molecule has 3 rings (SSSR count). The SMILES string of the molecule is O=C(CC1CCN(C(=O)O)CC1)Nc1cc(Oc2ccc([N+](=O)[O-])cc2F)ccn1. The van der Waals surface area contributed by atoms with Crippen LogP contribution in [-0.2, 0) is 4.79 Å². The number of benzene rings is 1. The van der Waals surface area contributed by atoms with Crippen molar-refractivity contribution in [3.63, 3.8) is 0 Å². The smallest absolute Gasteiger partial charge is 0.407 e. The van der Waals surface area contributed by atoms with Crippen molar-refractivity contribution in [3.8, 4) is 11.5 Å². The monoisotopic (exact) mass is 418 g/mol. The van der Waals surface area contributed by atoms with Crippen LogP contribution in [0.15, 0.2) is 36.5 Å². The molecule has 1 aromatic carbocycles. The Labute approximate surface area is 170 Å². The largest absolute Gasteiger partial charge is 0.465 e. The van der Waals surface area contributed by atoms with E-state index in [1.54, 1.807) is 0 Å². The van der Waals surface area contributed by atoms with Gasteiger partial charge in [0.25, 0.3) is 5.69 Å². The predicted molar refractivity (Wildman–Crippen MR) is 103 cm³/mol. The van der Waals surface area contributed by atoms with Crippen LogP contribution in [-0.4, -0.2) is 45.0 Å². The molecule has 2 amide bonds. The second kappa shape index (κ2) is 9.16. The van der Waals surface area contributed by atoms with Gasteiger partial charge in [0, 0.05) is 37.8 Å². The van der Waals surface area contributed by atoms with E-state index in [2.05, 4.69) is 10.3 Å². The molecule has 1 aromatic heterocycles. The summed E-state index contributed by atoms with van der Waals surface area (Å²) in [4.78, 5) is 38.5. The quantitative estimate of drug-likeness (QED) is 0.540. The van der Waals surface area contributed by atoms with E-state index in [9.17, 15) is 24.1 Å². The lowest BCUT2D eigenvalue weighted by atomic mass is 9.93. The van der Waals surface area contributed by atoms with E-state index < -0.39 is 22.5 Å². The van der Waals surface area contributed by atoms with Crippen molar-refractivity contribution >= 4 is 23.5 Å². The molecule has 1 saturated heterocycles. The molecule has 0 atom stereocenters. The van der Waals surface area contributed by atoms with E-state index in [-0.39, 0.29) is 35.6 Å². The average molecular weight is 418 g/mol. The fourth-order valence-electron chi connectivity index (χ4n) is 3.14. The van der Waals surface area contributed by atoms with Crippen molar-refractivity contribution in [2.45, 2.75) is 19.3 Å². The van der Waals surface area contributed by atoms with Crippen molar-refractivity contribution in [2.24, 2.45) is 5.92 Å². The van der Waals surface area contributed by atoms with Crippen LogP contribution in [0.25, 0.3) is 0 Å². The number of anilines is 1. The summed E-state index contributed by atoms with van der Waals surface area (Å²) in [6.07, 6.45) is 1.87. The molecule has 1 fully saturated rings. The highest BCUT2D eigenvalue weighted by molar-refractivity contribution is 5.90. The zero-order valence-electron chi connectivity index (χ0n) is 15.8. The Morgan fingerprint density at radius 1 is 1.30 bits per heavy atom. The number of nitrogens with zero attached hydrogens (tertiary/aromatic N) is 3. The highest BCUT2D eigenvalue weighted by atomic mass is 19.1. The first kappa shape index (κ1) is 21.0. The molecule has 0 unspecified atom stereocenters. The first-order valence-corrected chi connectivity index (χ1v) is 9.17. The standard InChI is InChI=1S/C19H19FN4O6/c20-15-10-13(24(28)29)1-2-16(15)30-14-3-6-21-17(11-14)22-18(25)9-12-4-7-23(8-5-12)19(26)27/h1-3,6,10-12H,4-5,7-9H2,(H,26,27)(H,21,22,25). The summed E-state index contributed by atoms with van der Waals surface area (Å²) in [7, 11) is 0. The molecule has 11 heteroatoms. The number of piperidine rings is 1. The number of pyridine rings is 1. The number of rotatable bonds is 6. The third-order valence-corrected chi connectivity index (χ3v) is 4.71. The zero-order chi connectivity index (χ0) is 21.7. The van der Waals surface area contributed by atoms with Crippen molar-refractivity contribution in [3.05, 3.63) is 52.5 Å². The number of aromatic nitrogens is 1. The molecule has 0 saturated carbocycles. The van der Waals surface area contributed by atoms with Gasteiger partial charge in [0.1, 0.15) is 11.6 Å². The van der Waals surface area contributed by atoms with Crippen LogP contribution in [0.3, 0.4) is 0 Å². The molecular weight excluding hydrogens is 399 g/mol. The Morgan fingerprint density at radius 2 is 2.03 bits per heavy atom. The fourth-order valence-corrected chi connectivity index (χ4v) is 3.14. The van der Waals surface area contributed by atoms with E-state index in [0.717, 1.165) is 18.2 Å². The number of hydrogen-bond donors (Lipinski definition) is 2. The number of likely N-dealkylation sites (tertiary alicyclic amines) is 1. The van der Waals surface area contributed by atoms with Crippen molar-refractivity contribution in [2.75, 3.05) is 18.4 Å². The van der Waals surface area contributed by atoms with Crippen LogP contribution in [0.2, 0.25) is 0 Å². The summed E-state index contributed by atoms with van der Waals surface area (Å²) >= 11 is 0. The Hall–Kier alpha value is -3.76. The summed E-state index contributed by atoms with van der Waals surface area (Å²) < 4.78 is 19.4. The van der Waals surface area contributed by atoms with Gasteiger partial charge in [-0.15, -0.1) is 0 Å². The van der Waals surface area contributed by atoms with Gasteiger partial charge in [-0.25, -0.2) is 14.2 Å². The van der Waals surface area contributed by atoms with E-state index in [1.165, 1.54) is 23.2 Å². The van der Waals surface area contributed by atoms with Gasteiger partial charge in [-0.2, -0.15) is 0 Å². The molecule has 1 aliphatic heterocycles. The lowest BCUT2D eigenvalue weighted by Gasteiger charge is -2.29. The van der Waals surface area contributed by atoms with Crippen molar-refractivity contribution in [1.82, 2.24) is 9.88 Å². The second-order valence-corrected chi connectivity index (χ2v) is 6.82. The normalized spacial score (nSPS) is 14.2. The fraction of sp³-hybridized carbons (Fsp3) is 0.316. The molecule has 0 spiro atoms. The molecule has 30 heavy (non-hydrogen) atoms. The molecule has 0 aliphatic carbocycles. The molecule has 158 valence electrons. The first-order valence-electron chi connectivity index (χ1n) is 9.17. The number of nitro benzene ring substituents is 1. The predicted octanol–water partition coefficient (Wildman–Crippen LogP) is 3.64. The number of carbonyl (C=O) groups is 2. The van der Waals surface area contributed by atoms with E-state index in [1.807, 2.05) is 0 Å². The van der Waals surface area contributed by atoms with Gasteiger partial charge in [-0.3, -0.25) is 14.9 Å². The van der Waals surface area contributed by atoms with Gasteiger partial charge in [0.15, 0.2) is 11.6 Å². The van der Waals surface area contributed by atoms with Crippen LogP contribution in [0, 0.1) is 21.8 Å². The summed E-state index contributed by atoms with van der Waals surface area (Å²) in [5.41, 5.74) is -0.392. The Kier molecular flexibility index (Phi) is 6.40. The van der Waals surface area contributed by atoms with Crippen molar-refractivity contribution in [1.29, 1.82) is 0 Å². The van der Waals surface area contributed by atoms with Gasteiger partial charge in [0.2, 0.25) is 5.91 Å². The molecule has 2 heterocycles. The minimum atomic E-state index is -0.955. The zero-order valence-corrected chi connectivity index (χ0v) is 15.8. The number of carboxylic acid groups (broad SMARTS) is 1. The van der Waals surface area contributed by atoms with Gasteiger partial charge < -0.3 is 20.1 Å². The minimum Gasteiger partial charge on any atom is -0.465 e. The van der Waals surface area contributed by atoms with E-state index in [0.29, 0.717) is 25.9 Å². The maximum absolute atomic E-state index is 14.0. The number of carbonyl (C=O) groups excluding carboxylic acids is 1. The molecule has 0 bridgehead atoms. The summed E-state index contributed by atoms with van der Waals surface area (Å²) in [5.74, 6) is -0.872. The lowest BCUT2D eigenvalue weighted by molar-refractivity contribution is -0.385. The van der Waals surface area contributed by atoms with Crippen LogP contribution in [0.1, 0.15) is 19.3 Å². The van der Waals surface area contributed by atoms with Crippen molar-refractivity contribution < 1.29 is 28.7 Å². The van der Waals surface area contributed by atoms with Crippen LogP contribution in [0.5, 0.6) is 11.5 Å². The highest BCUT2D eigenvalue weighted by Crippen LogP contribution is 2.28. The number of halogens is 1. The molecular formula is C19H19FN4O6. The van der Waals surface area contributed by atoms with Gasteiger partial charge in [-0.05, 0) is 30.9 Å². The molecule has 1 aliphatic rings. The maximum Gasteiger partial charge on any atom is 0.407 e. The first-order chi connectivity index (χ1) is 14.3. The second-order valence-electron chi connectivity index (χ2n) is 6.82. The lowest BCUT2D eigenvalue weighted by Crippen LogP contribution is -2.38. The Bertz CT molecular complexity index is 962. The number of ether oxygens (including phenoxy) is 1. The van der Waals surface area contributed by atoms with Crippen LogP contribution in [0.4, 0.5) is 20.7 Å². The van der Waals surface area contributed by atoms with Gasteiger partial charge >= 0.3 is 6.09 Å². The van der Waals surface area contributed by atoms with Crippen LogP contribution < -0.4 is 10.1 Å². The summed E-state index contributed by atoms with van der Waals surface area (Å²) in [5, 5.41) is 22.3. The summed E-state index contributed by atoms with van der Waals surface area (Å²) in [6.45, 7) is 0.797. The third kappa shape index (κ3) is 5.40. The average Bonchev–Trinajstić information content (AvgIpc) is 2.70.